The molecule has 1 heterocycles. The molecule has 0 saturated carbocycles. The van der Waals surface area contributed by atoms with Gasteiger partial charge in [-0.25, -0.2) is 0 Å². The van der Waals surface area contributed by atoms with Crippen LogP contribution in [0.4, 0.5) is 0 Å². The van der Waals surface area contributed by atoms with Gasteiger partial charge >= 0.3 is 0 Å². The Morgan fingerprint density at radius 3 is 2.60 bits per heavy atom. The first-order chi connectivity index (χ1) is 12.3. The molecule has 0 aliphatic heterocycles. The van der Waals surface area contributed by atoms with Crippen molar-refractivity contribution in [2.24, 2.45) is 0 Å². The standard InChI is InChI=1S/C22H19NO2/c24-21(14-20-9-5-13-23-16-20)12-11-18-8-4-10-22(15-18)25-17-19-6-2-1-3-7-19/h1-13,15-16H,14,17H2. The second kappa shape index (κ2) is 8.60. The fraction of sp³-hybridized carbons (Fsp3) is 0.0909. The molecule has 1 aromatic heterocycles. The molecule has 2 aromatic carbocycles. The van der Waals surface area contributed by atoms with E-state index in [0.717, 1.165) is 22.4 Å². The van der Waals surface area contributed by atoms with Gasteiger partial charge in [0.05, 0.1) is 0 Å². The van der Waals surface area contributed by atoms with E-state index in [0.29, 0.717) is 13.0 Å². The maximum atomic E-state index is 12.0. The van der Waals surface area contributed by atoms with Gasteiger partial charge in [0.1, 0.15) is 12.4 Å². The highest BCUT2D eigenvalue weighted by atomic mass is 16.5. The van der Waals surface area contributed by atoms with Gasteiger partial charge in [0, 0.05) is 18.8 Å². The number of hydrogen-bond donors (Lipinski definition) is 0. The molecule has 0 fully saturated rings. The Hall–Kier alpha value is -3.20. The second-order valence-electron chi connectivity index (χ2n) is 5.68. The normalized spacial score (nSPS) is 10.7. The van der Waals surface area contributed by atoms with Gasteiger partial charge in [-0.3, -0.25) is 9.78 Å². The van der Waals surface area contributed by atoms with E-state index >= 15 is 0 Å². The number of ether oxygens (including phenoxy) is 1. The van der Waals surface area contributed by atoms with Crippen molar-refractivity contribution < 1.29 is 9.53 Å². The molecule has 0 N–H and O–H groups in total. The maximum absolute atomic E-state index is 12.0. The number of nitrogens with zero attached hydrogens (tertiary/aromatic N) is 1. The highest BCUT2D eigenvalue weighted by molar-refractivity contribution is 5.95. The molecule has 0 unspecified atom stereocenters. The molecule has 0 aliphatic rings. The van der Waals surface area contributed by atoms with Crippen LogP contribution in [0.15, 0.2) is 85.2 Å². The van der Waals surface area contributed by atoms with Crippen molar-refractivity contribution in [1.29, 1.82) is 0 Å². The Morgan fingerprint density at radius 2 is 1.80 bits per heavy atom. The lowest BCUT2D eigenvalue weighted by Gasteiger charge is -2.06. The molecule has 0 spiro atoms. The van der Waals surface area contributed by atoms with Crippen LogP contribution in [0.3, 0.4) is 0 Å². The van der Waals surface area contributed by atoms with Crippen molar-refractivity contribution in [2.45, 2.75) is 13.0 Å². The van der Waals surface area contributed by atoms with Gasteiger partial charge in [-0.2, -0.15) is 0 Å². The lowest BCUT2D eigenvalue weighted by Crippen LogP contribution is -1.98. The van der Waals surface area contributed by atoms with Gasteiger partial charge in [-0.05, 0) is 41.0 Å². The zero-order valence-electron chi connectivity index (χ0n) is 13.8. The van der Waals surface area contributed by atoms with Crippen molar-refractivity contribution in [2.75, 3.05) is 0 Å². The number of pyridine rings is 1. The number of allylic oxidation sites excluding steroid dienone is 1. The summed E-state index contributed by atoms with van der Waals surface area (Å²) in [6, 6.07) is 21.5. The molecule has 0 saturated heterocycles. The summed E-state index contributed by atoms with van der Waals surface area (Å²) in [4.78, 5) is 16.1. The van der Waals surface area contributed by atoms with Crippen molar-refractivity contribution in [3.05, 3.63) is 102 Å². The molecule has 0 bridgehead atoms. The number of carbonyl (C=O) groups excluding carboxylic acids is 1. The molecule has 0 amide bonds. The number of aromatic nitrogens is 1. The summed E-state index contributed by atoms with van der Waals surface area (Å²) in [5.41, 5.74) is 2.97. The number of carbonyl (C=O) groups is 1. The fourth-order valence-electron chi connectivity index (χ4n) is 2.40. The summed E-state index contributed by atoms with van der Waals surface area (Å²) in [7, 11) is 0. The summed E-state index contributed by atoms with van der Waals surface area (Å²) in [5, 5.41) is 0. The molecular weight excluding hydrogens is 310 g/mol. The van der Waals surface area contributed by atoms with Crippen LogP contribution in [-0.2, 0) is 17.8 Å². The number of ketones is 1. The molecular formula is C22H19NO2. The van der Waals surface area contributed by atoms with Crippen molar-refractivity contribution in [1.82, 2.24) is 4.98 Å². The van der Waals surface area contributed by atoms with Gasteiger partial charge in [0.2, 0.25) is 0 Å². The third-order valence-corrected chi connectivity index (χ3v) is 3.67. The van der Waals surface area contributed by atoms with Crippen LogP contribution in [-0.4, -0.2) is 10.8 Å². The van der Waals surface area contributed by atoms with E-state index in [1.807, 2.05) is 72.8 Å². The molecule has 124 valence electrons. The maximum Gasteiger partial charge on any atom is 0.160 e. The van der Waals surface area contributed by atoms with E-state index in [-0.39, 0.29) is 5.78 Å². The van der Waals surface area contributed by atoms with Crippen LogP contribution in [0.5, 0.6) is 5.75 Å². The smallest absolute Gasteiger partial charge is 0.160 e. The molecule has 25 heavy (non-hydrogen) atoms. The van der Waals surface area contributed by atoms with E-state index < -0.39 is 0 Å². The van der Waals surface area contributed by atoms with Crippen molar-refractivity contribution in [3.63, 3.8) is 0 Å². The first-order valence-corrected chi connectivity index (χ1v) is 8.16. The predicted octanol–water partition coefficient (Wildman–Crippen LogP) is 4.49. The summed E-state index contributed by atoms with van der Waals surface area (Å²) >= 11 is 0. The minimum atomic E-state index is 0.0450. The number of benzene rings is 2. The van der Waals surface area contributed by atoms with Crippen molar-refractivity contribution >= 4 is 11.9 Å². The Balaban J connectivity index is 1.58. The summed E-state index contributed by atoms with van der Waals surface area (Å²) < 4.78 is 5.81. The van der Waals surface area contributed by atoms with Gasteiger partial charge in [0.25, 0.3) is 0 Å². The highest BCUT2D eigenvalue weighted by Crippen LogP contribution is 2.16. The number of hydrogen-bond acceptors (Lipinski definition) is 3. The van der Waals surface area contributed by atoms with E-state index in [9.17, 15) is 4.79 Å². The van der Waals surface area contributed by atoms with Gasteiger partial charge in [-0.15, -0.1) is 0 Å². The SMILES string of the molecule is O=C(C=Cc1cccc(OCc2ccccc2)c1)Cc1cccnc1. The van der Waals surface area contributed by atoms with Crippen LogP contribution in [0, 0.1) is 0 Å². The summed E-state index contributed by atoms with van der Waals surface area (Å²) in [6.07, 6.45) is 7.18. The summed E-state index contributed by atoms with van der Waals surface area (Å²) in [6.45, 7) is 0.522. The Kier molecular flexibility index (Phi) is 5.73. The second-order valence-corrected chi connectivity index (χ2v) is 5.68. The average Bonchev–Trinajstić information content (AvgIpc) is 2.67. The lowest BCUT2D eigenvalue weighted by molar-refractivity contribution is -0.113. The lowest BCUT2D eigenvalue weighted by atomic mass is 10.1. The van der Waals surface area contributed by atoms with Crippen LogP contribution >= 0.6 is 0 Å². The average molecular weight is 329 g/mol. The minimum Gasteiger partial charge on any atom is -0.489 e. The molecule has 0 radical (unpaired) electrons. The Morgan fingerprint density at radius 1 is 0.960 bits per heavy atom. The third kappa shape index (κ3) is 5.43. The minimum absolute atomic E-state index is 0.0450. The predicted molar refractivity (Wildman–Crippen MR) is 99.2 cm³/mol. The molecule has 3 nitrogen and oxygen atoms in total. The quantitative estimate of drug-likeness (QED) is 0.600. The molecule has 0 aliphatic carbocycles. The monoisotopic (exact) mass is 329 g/mol. The topological polar surface area (TPSA) is 39.2 Å². The van der Waals surface area contributed by atoms with Crippen LogP contribution in [0.2, 0.25) is 0 Å². The molecule has 3 heteroatoms. The van der Waals surface area contributed by atoms with E-state index in [1.54, 1.807) is 18.5 Å². The van der Waals surface area contributed by atoms with Crippen LogP contribution < -0.4 is 4.74 Å². The zero-order chi connectivity index (χ0) is 17.3. The van der Waals surface area contributed by atoms with Crippen molar-refractivity contribution in [3.8, 4) is 5.75 Å². The third-order valence-electron chi connectivity index (χ3n) is 3.67. The first kappa shape index (κ1) is 16.7. The molecule has 3 rings (SSSR count). The fourth-order valence-corrected chi connectivity index (χ4v) is 2.40. The van der Waals surface area contributed by atoms with Crippen LogP contribution in [0.25, 0.3) is 6.08 Å². The Bertz CT molecular complexity index is 842. The number of rotatable bonds is 7. The van der Waals surface area contributed by atoms with E-state index in [1.165, 1.54) is 0 Å². The van der Waals surface area contributed by atoms with Crippen LogP contribution in [0.1, 0.15) is 16.7 Å². The van der Waals surface area contributed by atoms with Gasteiger partial charge < -0.3 is 4.74 Å². The molecule has 0 atom stereocenters. The van der Waals surface area contributed by atoms with E-state index in [4.69, 9.17) is 4.74 Å². The molecule has 3 aromatic rings. The zero-order valence-corrected chi connectivity index (χ0v) is 13.8. The van der Waals surface area contributed by atoms with E-state index in [2.05, 4.69) is 4.98 Å². The Labute approximate surface area is 147 Å². The first-order valence-electron chi connectivity index (χ1n) is 8.16. The highest BCUT2D eigenvalue weighted by Gasteiger charge is 2.00. The van der Waals surface area contributed by atoms with Gasteiger partial charge in [0.15, 0.2) is 5.78 Å². The largest absolute Gasteiger partial charge is 0.489 e. The van der Waals surface area contributed by atoms with Gasteiger partial charge in [-0.1, -0.05) is 54.6 Å². The summed E-state index contributed by atoms with van der Waals surface area (Å²) in [5.74, 6) is 0.828.